The van der Waals surface area contributed by atoms with Crippen molar-refractivity contribution >= 4 is 17.7 Å². The highest BCUT2D eigenvalue weighted by atomic mass is 32.2. The van der Waals surface area contributed by atoms with Gasteiger partial charge in [-0.05, 0) is 73.6 Å². The Morgan fingerprint density at radius 1 is 1.12 bits per heavy atom. The van der Waals surface area contributed by atoms with E-state index in [0.717, 1.165) is 17.1 Å². The van der Waals surface area contributed by atoms with Crippen LogP contribution in [0, 0.1) is 0 Å². The van der Waals surface area contributed by atoms with Crippen molar-refractivity contribution < 1.29 is 9.53 Å². The lowest BCUT2D eigenvalue weighted by Crippen LogP contribution is -2.28. The molecule has 1 amide bonds. The summed E-state index contributed by atoms with van der Waals surface area (Å²) in [5, 5.41) is 3.11. The van der Waals surface area contributed by atoms with E-state index in [1.165, 1.54) is 36.0 Å². The van der Waals surface area contributed by atoms with Crippen LogP contribution in [-0.4, -0.2) is 18.8 Å². The van der Waals surface area contributed by atoms with Crippen LogP contribution in [0.4, 0.5) is 0 Å². The zero-order valence-electron chi connectivity index (χ0n) is 14.9. The lowest BCUT2D eigenvalue weighted by molar-refractivity contribution is -0.119. The summed E-state index contributed by atoms with van der Waals surface area (Å²) in [5.41, 5.74) is 4.13. The van der Waals surface area contributed by atoms with Gasteiger partial charge in [-0.2, -0.15) is 0 Å². The summed E-state index contributed by atoms with van der Waals surface area (Å²) in [4.78, 5) is 13.3. The average molecular weight is 356 g/mol. The van der Waals surface area contributed by atoms with Crippen LogP contribution >= 0.6 is 11.8 Å². The molecule has 0 heterocycles. The second-order valence-electron chi connectivity index (χ2n) is 6.49. The van der Waals surface area contributed by atoms with E-state index >= 15 is 0 Å². The maximum Gasteiger partial charge on any atom is 0.230 e. The second-order valence-corrected chi connectivity index (χ2v) is 7.54. The molecule has 0 aliphatic heterocycles. The Bertz CT molecular complexity index is 727. The molecule has 3 rings (SSSR count). The van der Waals surface area contributed by atoms with Gasteiger partial charge in [0.05, 0.1) is 18.9 Å². The number of carbonyl (C=O) groups excluding carboxylic acids is 1. The summed E-state index contributed by atoms with van der Waals surface area (Å²) in [6.07, 6.45) is 4.92. The third-order valence-corrected chi connectivity index (χ3v) is 5.69. The first-order valence-electron chi connectivity index (χ1n) is 8.83. The van der Waals surface area contributed by atoms with E-state index < -0.39 is 0 Å². The molecule has 4 heteroatoms. The summed E-state index contributed by atoms with van der Waals surface area (Å²) in [5.74, 6) is 1.31. The van der Waals surface area contributed by atoms with Crippen LogP contribution in [0.25, 0.3) is 0 Å². The van der Waals surface area contributed by atoms with E-state index in [4.69, 9.17) is 4.74 Å². The molecule has 0 radical (unpaired) electrons. The van der Waals surface area contributed by atoms with Crippen molar-refractivity contribution in [3.05, 3.63) is 59.2 Å². The molecule has 0 fully saturated rings. The molecule has 1 N–H and O–H groups in total. The highest BCUT2D eigenvalue weighted by Gasteiger charge is 2.14. The van der Waals surface area contributed by atoms with Crippen molar-refractivity contribution in [2.75, 3.05) is 12.9 Å². The standard InChI is InChI=1S/C21H25NO2S/c1-15(17-8-7-16-5-3-4-6-18(16)13-17)22-21(23)14-25-20-11-9-19(24-2)10-12-20/h7-13,15H,3-6,14H2,1-2H3,(H,22,23)/t15-/m0/s1. The van der Waals surface area contributed by atoms with Crippen molar-refractivity contribution in [2.45, 2.75) is 43.5 Å². The van der Waals surface area contributed by atoms with E-state index in [2.05, 4.69) is 30.4 Å². The Labute approximate surface area is 154 Å². The molecular formula is C21H25NO2S. The van der Waals surface area contributed by atoms with Gasteiger partial charge in [0.15, 0.2) is 0 Å². The minimum atomic E-state index is 0.0381. The Morgan fingerprint density at radius 2 is 1.84 bits per heavy atom. The molecule has 0 bridgehead atoms. The largest absolute Gasteiger partial charge is 0.497 e. The van der Waals surface area contributed by atoms with E-state index in [9.17, 15) is 4.79 Å². The zero-order chi connectivity index (χ0) is 17.6. The molecule has 0 unspecified atom stereocenters. The predicted molar refractivity (Wildman–Crippen MR) is 103 cm³/mol. The number of rotatable bonds is 6. The van der Waals surface area contributed by atoms with Crippen LogP contribution in [0.5, 0.6) is 5.75 Å². The molecule has 2 aromatic carbocycles. The monoisotopic (exact) mass is 355 g/mol. The number of amides is 1. The SMILES string of the molecule is COc1ccc(SCC(=O)N[C@@H](C)c2ccc3c(c2)CCCC3)cc1. The van der Waals surface area contributed by atoms with Crippen LogP contribution in [0.3, 0.4) is 0 Å². The molecule has 3 nitrogen and oxygen atoms in total. The number of methoxy groups -OCH3 is 1. The number of aryl methyl sites for hydroxylation is 2. The highest BCUT2D eigenvalue weighted by Crippen LogP contribution is 2.25. The van der Waals surface area contributed by atoms with Gasteiger partial charge in [-0.3, -0.25) is 4.79 Å². The number of hydrogen-bond acceptors (Lipinski definition) is 3. The Hall–Kier alpha value is -1.94. The number of nitrogens with one attached hydrogen (secondary N) is 1. The number of thioether (sulfide) groups is 1. The fraction of sp³-hybridized carbons (Fsp3) is 0.381. The van der Waals surface area contributed by atoms with Crippen LogP contribution in [-0.2, 0) is 17.6 Å². The maximum absolute atomic E-state index is 12.3. The Kier molecular flexibility index (Phi) is 6.03. The maximum atomic E-state index is 12.3. The van der Waals surface area contributed by atoms with E-state index in [0.29, 0.717) is 5.75 Å². The van der Waals surface area contributed by atoms with Crippen molar-refractivity contribution in [1.82, 2.24) is 5.32 Å². The number of fused-ring (bicyclic) bond motifs is 1. The quantitative estimate of drug-likeness (QED) is 0.773. The summed E-state index contributed by atoms with van der Waals surface area (Å²) in [7, 11) is 1.65. The van der Waals surface area contributed by atoms with Gasteiger partial charge >= 0.3 is 0 Å². The van der Waals surface area contributed by atoms with E-state index in [1.807, 2.05) is 24.3 Å². The second kappa shape index (κ2) is 8.43. The molecule has 132 valence electrons. The van der Waals surface area contributed by atoms with Crippen molar-refractivity contribution in [2.24, 2.45) is 0 Å². The van der Waals surface area contributed by atoms with Crippen LogP contribution in [0.15, 0.2) is 47.4 Å². The van der Waals surface area contributed by atoms with Gasteiger partial charge in [0, 0.05) is 4.90 Å². The first-order chi connectivity index (χ1) is 12.2. The van der Waals surface area contributed by atoms with Crippen molar-refractivity contribution in [1.29, 1.82) is 0 Å². The molecule has 1 aliphatic rings. The van der Waals surface area contributed by atoms with Crippen molar-refractivity contribution in [3.63, 3.8) is 0 Å². The van der Waals surface area contributed by atoms with Gasteiger partial charge in [-0.25, -0.2) is 0 Å². The van der Waals surface area contributed by atoms with Crippen molar-refractivity contribution in [3.8, 4) is 5.75 Å². The third kappa shape index (κ3) is 4.79. The smallest absolute Gasteiger partial charge is 0.230 e. The van der Waals surface area contributed by atoms with Gasteiger partial charge in [0.2, 0.25) is 5.91 Å². The molecule has 2 aromatic rings. The lowest BCUT2D eigenvalue weighted by Gasteiger charge is -2.20. The van der Waals surface area contributed by atoms with Crippen LogP contribution in [0.2, 0.25) is 0 Å². The molecule has 0 aromatic heterocycles. The molecule has 0 saturated heterocycles. The first kappa shape index (κ1) is 17.9. The molecule has 1 atom stereocenters. The fourth-order valence-electron chi connectivity index (χ4n) is 3.21. The summed E-state index contributed by atoms with van der Waals surface area (Å²) in [6, 6.07) is 14.5. The molecule has 0 saturated carbocycles. The van der Waals surface area contributed by atoms with Gasteiger partial charge in [0.1, 0.15) is 5.75 Å². The first-order valence-corrected chi connectivity index (χ1v) is 9.82. The normalized spacial score (nSPS) is 14.5. The lowest BCUT2D eigenvalue weighted by atomic mass is 9.89. The number of ether oxygens (including phenoxy) is 1. The zero-order valence-corrected chi connectivity index (χ0v) is 15.7. The Morgan fingerprint density at radius 3 is 2.56 bits per heavy atom. The molecule has 0 spiro atoms. The summed E-state index contributed by atoms with van der Waals surface area (Å²) in [6.45, 7) is 2.06. The van der Waals surface area contributed by atoms with Crippen LogP contribution < -0.4 is 10.1 Å². The molecule has 1 aliphatic carbocycles. The average Bonchev–Trinajstić information content (AvgIpc) is 2.66. The number of benzene rings is 2. The van der Waals surface area contributed by atoms with Gasteiger partial charge < -0.3 is 10.1 Å². The fourth-order valence-corrected chi connectivity index (χ4v) is 3.92. The van der Waals surface area contributed by atoms with E-state index in [1.54, 1.807) is 18.9 Å². The highest BCUT2D eigenvalue weighted by molar-refractivity contribution is 8.00. The summed E-state index contributed by atoms with van der Waals surface area (Å²) < 4.78 is 5.15. The Balaban J connectivity index is 1.53. The van der Waals surface area contributed by atoms with Gasteiger partial charge in [0.25, 0.3) is 0 Å². The minimum Gasteiger partial charge on any atom is -0.497 e. The topological polar surface area (TPSA) is 38.3 Å². The van der Waals surface area contributed by atoms with Gasteiger partial charge in [-0.1, -0.05) is 18.2 Å². The summed E-state index contributed by atoms with van der Waals surface area (Å²) >= 11 is 1.54. The molecular weight excluding hydrogens is 330 g/mol. The number of hydrogen-bond donors (Lipinski definition) is 1. The number of carbonyl (C=O) groups is 1. The van der Waals surface area contributed by atoms with Gasteiger partial charge in [-0.15, -0.1) is 11.8 Å². The van der Waals surface area contributed by atoms with Crippen LogP contribution in [0.1, 0.15) is 42.5 Å². The molecule has 25 heavy (non-hydrogen) atoms. The third-order valence-electron chi connectivity index (χ3n) is 4.68. The minimum absolute atomic E-state index is 0.0381. The van der Waals surface area contributed by atoms with E-state index in [-0.39, 0.29) is 11.9 Å². The predicted octanol–water partition coefficient (Wildman–Crippen LogP) is 4.54.